The van der Waals surface area contributed by atoms with Gasteiger partial charge in [-0.3, -0.25) is 4.79 Å². The van der Waals surface area contributed by atoms with Gasteiger partial charge in [-0.05, 0) is 58.8 Å². The molecule has 0 fully saturated rings. The van der Waals surface area contributed by atoms with Gasteiger partial charge < -0.3 is 9.84 Å². The number of benzene rings is 2. The molecule has 0 amide bonds. The van der Waals surface area contributed by atoms with Crippen LogP contribution in [0.1, 0.15) is 12.5 Å². The number of thiazole rings is 1. The van der Waals surface area contributed by atoms with E-state index in [0.717, 1.165) is 16.6 Å². The first-order valence-corrected chi connectivity index (χ1v) is 9.26. The standard InChI is InChI=1S/C18H13BrN2O3S/c1-2-24-14-8-10(7-11(19)16(14)22)9-15-17(23)21-13-6-4-3-5-12(13)20-18(21)25-15/h3-9,22H,2H2,1H3. The Hall–Kier alpha value is -2.38. The number of nitrogens with zero attached hydrogens (tertiary/aromatic N) is 2. The SMILES string of the molecule is CCOc1cc(C=c2sc3nc4ccccc4n3c2=O)cc(Br)c1O. The number of imidazole rings is 1. The Bertz CT molecular complexity index is 1210. The second-order valence-corrected chi connectivity index (χ2v) is 7.28. The summed E-state index contributed by atoms with van der Waals surface area (Å²) in [7, 11) is 0. The lowest BCUT2D eigenvalue weighted by Crippen LogP contribution is -2.22. The van der Waals surface area contributed by atoms with Gasteiger partial charge in [0.05, 0.1) is 26.6 Å². The number of halogens is 1. The lowest BCUT2D eigenvalue weighted by molar-refractivity contribution is 0.317. The summed E-state index contributed by atoms with van der Waals surface area (Å²) in [5.41, 5.74) is 2.28. The maximum Gasteiger partial charge on any atom is 0.274 e. The van der Waals surface area contributed by atoms with Gasteiger partial charge in [0.1, 0.15) is 0 Å². The molecule has 0 radical (unpaired) electrons. The molecule has 7 heteroatoms. The molecular weight excluding hydrogens is 404 g/mol. The normalized spacial score (nSPS) is 12.3. The molecule has 0 saturated heterocycles. The van der Waals surface area contributed by atoms with Gasteiger partial charge in [-0.1, -0.05) is 23.5 Å². The third-order valence-corrected chi connectivity index (χ3v) is 5.37. The number of rotatable bonds is 3. The molecule has 0 atom stereocenters. The van der Waals surface area contributed by atoms with Crippen LogP contribution in [0.2, 0.25) is 0 Å². The molecule has 126 valence electrons. The van der Waals surface area contributed by atoms with Gasteiger partial charge >= 0.3 is 0 Å². The van der Waals surface area contributed by atoms with Crippen LogP contribution < -0.4 is 14.8 Å². The average molecular weight is 417 g/mol. The van der Waals surface area contributed by atoms with Crippen LogP contribution in [0.25, 0.3) is 22.1 Å². The van der Waals surface area contributed by atoms with Crippen molar-refractivity contribution >= 4 is 49.3 Å². The predicted molar refractivity (Wildman–Crippen MR) is 103 cm³/mol. The highest BCUT2D eigenvalue weighted by molar-refractivity contribution is 9.10. The predicted octanol–water partition coefficient (Wildman–Crippen LogP) is 3.32. The molecule has 0 spiro atoms. The highest BCUT2D eigenvalue weighted by Gasteiger charge is 2.12. The number of ether oxygens (including phenoxy) is 1. The maximum atomic E-state index is 12.8. The molecule has 5 nitrogen and oxygen atoms in total. The Balaban J connectivity index is 1.93. The van der Waals surface area contributed by atoms with Crippen LogP contribution in [-0.2, 0) is 0 Å². The van der Waals surface area contributed by atoms with Crippen LogP contribution in [0, 0.1) is 0 Å². The van der Waals surface area contributed by atoms with E-state index in [9.17, 15) is 9.90 Å². The lowest BCUT2D eigenvalue weighted by atomic mass is 10.2. The molecule has 4 aromatic rings. The lowest BCUT2D eigenvalue weighted by Gasteiger charge is -2.08. The van der Waals surface area contributed by atoms with Gasteiger partial charge in [0, 0.05) is 0 Å². The molecule has 1 N–H and O–H groups in total. The number of phenolic OH excluding ortho intramolecular Hbond substituents is 1. The minimum Gasteiger partial charge on any atom is -0.503 e. The van der Waals surface area contributed by atoms with Gasteiger partial charge in [-0.2, -0.15) is 0 Å². The summed E-state index contributed by atoms with van der Waals surface area (Å²) in [5.74, 6) is 0.427. The molecule has 2 aromatic heterocycles. The van der Waals surface area contributed by atoms with Gasteiger partial charge in [-0.25, -0.2) is 9.38 Å². The summed E-state index contributed by atoms with van der Waals surface area (Å²) in [6, 6.07) is 11.0. The Kier molecular flexibility index (Phi) is 3.97. The average Bonchev–Trinajstić information content (AvgIpc) is 3.09. The van der Waals surface area contributed by atoms with Crippen molar-refractivity contribution in [1.29, 1.82) is 0 Å². The minimum atomic E-state index is -0.101. The second kappa shape index (κ2) is 6.16. The molecule has 0 saturated carbocycles. The Morgan fingerprint density at radius 2 is 2.16 bits per heavy atom. The second-order valence-electron chi connectivity index (χ2n) is 5.42. The largest absolute Gasteiger partial charge is 0.503 e. The first-order valence-electron chi connectivity index (χ1n) is 7.65. The summed E-state index contributed by atoms with van der Waals surface area (Å²) in [6.45, 7) is 2.29. The molecule has 4 rings (SSSR count). The fourth-order valence-electron chi connectivity index (χ4n) is 2.71. The van der Waals surface area contributed by atoms with Gasteiger partial charge in [0.25, 0.3) is 5.56 Å². The van der Waals surface area contributed by atoms with E-state index < -0.39 is 0 Å². The van der Waals surface area contributed by atoms with Crippen molar-refractivity contribution in [2.45, 2.75) is 6.92 Å². The number of fused-ring (bicyclic) bond motifs is 3. The fraction of sp³-hybridized carbons (Fsp3) is 0.111. The first-order chi connectivity index (χ1) is 12.1. The van der Waals surface area contributed by atoms with Crippen molar-refractivity contribution in [1.82, 2.24) is 9.38 Å². The molecule has 0 unspecified atom stereocenters. The molecular formula is C18H13BrN2O3S. The van der Waals surface area contributed by atoms with Crippen LogP contribution in [0.5, 0.6) is 11.5 Å². The van der Waals surface area contributed by atoms with Gasteiger partial charge in [0.15, 0.2) is 16.5 Å². The van der Waals surface area contributed by atoms with Gasteiger partial charge in [-0.15, -0.1) is 0 Å². The first kappa shape index (κ1) is 16.1. The van der Waals surface area contributed by atoms with Crippen LogP contribution >= 0.6 is 27.3 Å². The smallest absolute Gasteiger partial charge is 0.274 e. The molecule has 2 heterocycles. The van der Waals surface area contributed by atoms with E-state index in [4.69, 9.17) is 4.74 Å². The highest BCUT2D eigenvalue weighted by Crippen LogP contribution is 2.35. The van der Waals surface area contributed by atoms with E-state index in [2.05, 4.69) is 20.9 Å². The number of aromatic hydroxyl groups is 1. The Morgan fingerprint density at radius 3 is 2.96 bits per heavy atom. The van der Waals surface area contributed by atoms with Crippen LogP contribution in [0.4, 0.5) is 0 Å². The third kappa shape index (κ3) is 2.69. The monoisotopic (exact) mass is 416 g/mol. The molecule has 2 aromatic carbocycles. The van der Waals surface area contributed by atoms with E-state index >= 15 is 0 Å². The van der Waals surface area contributed by atoms with Crippen molar-refractivity contribution in [3.05, 3.63) is 61.3 Å². The van der Waals surface area contributed by atoms with E-state index in [-0.39, 0.29) is 11.3 Å². The topological polar surface area (TPSA) is 63.8 Å². The van der Waals surface area contributed by atoms with E-state index in [1.807, 2.05) is 31.2 Å². The van der Waals surface area contributed by atoms with Crippen molar-refractivity contribution in [2.75, 3.05) is 6.61 Å². The summed E-state index contributed by atoms with van der Waals surface area (Å²) >= 11 is 4.66. The minimum absolute atomic E-state index is 0.0494. The number of para-hydroxylation sites is 2. The Morgan fingerprint density at radius 1 is 1.36 bits per heavy atom. The summed E-state index contributed by atoms with van der Waals surface area (Å²) in [4.78, 5) is 18.0. The molecule has 0 aliphatic carbocycles. The molecule has 0 aliphatic heterocycles. The Labute approximate surface area is 154 Å². The van der Waals surface area contributed by atoms with Gasteiger partial charge in [0.2, 0.25) is 0 Å². The molecule has 0 aliphatic rings. The van der Waals surface area contributed by atoms with Crippen LogP contribution in [0.15, 0.2) is 45.7 Å². The molecule has 0 bridgehead atoms. The van der Waals surface area contributed by atoms with Crippen LogP contribution in [0.3, 0.4) is 0 Å². The third-order valence-electron chi connectivity index (χ3n) is 3.79. The van der Waals surface area contributed by atoms with E-state index in [1.165, 1.54) is 11.3 Å². The van der Waals surface area contributed by atoms with E-state index in [0.29, 0.717) is 26.3 Å². The molecule has 25 heavy (non-hydrogen) atoms. The van der Waals surface area contributed by atoms with E-state index in [1.54, 1.807) is 22.6 Å². The zero-order valence-electron chi connectivity index (χ0n) is 13.2. The van der Waals surface area contributed by atoms with Crippen molar-refractivity contribution < 1.29 is 9.84 Å². The number of hydrogen-bond acceptors (Lipinski definition) is 5. The quantitative estimate of drug-likeness (QED) is 0.556. The summed E-state index contributed by atoms with van der Waals surface area (Å²) in [5, 5.41) is 10.0. The van der Waals surface area contributed by atoms with Crippen molar-refractivity contribution in [3.8, 4) is 11.5 Å². The zero-order valence-corrected chi connectivity index (χ0v) is 15.6. The van der Waals surface area contributed by atoms with Crippen molar-refractivity contribution in [2.24, 2.45) is 0 Å². The zero-order chi connectivity index (χ0) is 17.6. The number of hydrogen-bond donors (Lipinski definition) is 1. The fourth-order valence-corrected chi connectivity index (χ4v) is 4.15. The number of aromatic nitrogens is 2. The van der Waals surface area contributed by atoms with Crippen molar-refractivity contribution in [3.63, 3.8) is 0 Å². The summed E-state index contributed by atoms with van der Waals surface area (Å²) in [6.07, 6.45) is 1.78. The highest BCUT2D eigenvalue weighted by atomic mass is 79.9. The maximum absolute atomic E-state index is 12.8. The van der Waals surface area contributed by atoms with Crippen LogP contribution in [-0.4, -0.2) is 21.1 Å². The number of phenols is 1. The summed E-state index contributed by atoms with van der Waals surface area (Å²) < 4.78 is 8.16.